The van der Waals surface area contributed by atoms with Crippen LogP contribution in [-0.4, -0.2) is 26.0 Å². The van der Waals surface area contributed by atoms with Crippen molar-refractivity contribution in [2.45, 2.75) is 18.7 Å². The van der Waals surface area contributed by atoms with Crippen LogP contribution in [0.1, 0.15) is 24.2 Å². The molecule has 0 heterocycles. The van der Waals surface area contributed by atoms with Crippen LogP contribution in [0.2, 0.25) is 0 Å². The van der Waals surface area contributed by atoms with Crippen LogP contribution in [0.25, 0.3) is 0 Å². The van der Waals surface area contributed by atoms with Gasteiger partial charge < -0.3 is 10.1 Å². The number of thiocarbonyl (C=S) groups is 1. The van der Waals surface area contributed by atoms with Gasteiger partial charge in [-0.2, -0.15) is 0 Å². The molecule has 150 valence electrons. The molecule has 10 heteroatoms. The molecule has 0 aliphatic heterocycles. The van der Waals surface area contributed by atoms with Gasteiger partial charge >= 0.3 is 0 Å². The van der Waals surface area contributed by atoms with E-state index in [2.05, 4.69) is 26.6 Å². The van der Waals surface area contributed by atoms with Crippen LogP contribution in [0.5, 0.6) is 5.75 Å². The van der Waals surface area contributed by atoms with Crippen LogP contribution >= 0.6 is 28.1 Å². The fourth-order valence-electron chi connectivity index (χ4n) is 2.08. The van der Waals surface area contributed by atoms with Gasteiger partial charge in [-0.1, -0.05) is 13.8 Å². The fourth-order valence-corrected chi connectivity index (χ4v) is 3.30. The molecule has 0 aliphatic rings. The molecular weight excluding hydrogens is 466 g/mol. The van der Waals surface area contributed by atoms with Crippen molar-refractivity contribution in [3.63, 3.8) is 0 Å². The largest absolute Gasteiger partial charge is 0.492 e. The minimum absolute atomic E-state index is 0.0161. The zero-order valence-corrected chi connectivity index (χ0v) is 18.4. The second-order valence-corrected chi connectivity index (χ2v) is 9.15. The molecule has 2 aromatic rings. The molecule has 0 bridgehead atoms. The number of benzene rings is 2. The van der Waals surface area contributed by atoms with Crippen LogP contribution in [0.3, 0.4) is 0 Å². The highest BCUT2D eigenvalue weighted by Crippen LogP contribution is 2.26. The highest BCUT2D eigenvalue weighted by Gasteiger charge is 2.12. The lowest BCUT2D eigenvalue weighted by Gasteiger charge is -2.12. The lowest BCUT2D eigenvalue weighted by atomic mass is 10.2. The van der Waals surface area contributed by atoms with Crippen molar-refractivity contribution < 1.29 is 17.9 Å². The molecule has 0 spiro atoms. The zero-order chi connectivity index (χ0) is 20.9. The number of hydrogen-bond acceptors (Lipinski definition) is 5. The molecule has 0 saturated carbocycles. The van der Waals surface area contributed by atoms with Gasteiger partial charge in [-0.05, 0) is 76.5 Å². The summed E-state index contributed by atoms with van der Waals surface area (Å²) in [5.74, 6) is 0.646. The van der Waals surface area contributed by atoms with E-state index in [0.717, 1.165) is 0 Å². The van der Waals surface area contributed by atoms with Gasteiger partial charge in [0.1, 0.15) is 5.75 Å². The minimum atomic E-state index is -3.76. The van der Waals surface area contributed by atoms with Gasteiger partial charge in [0.05, 0.1) is 16.0 Å². The van der Waals surface area contributed by atoms with Crippen molar-refractivity contribution >= 4 is 54.9 Å². The molecule has 0 saturated heterocycles. The second-order valence-electron chi connectivity index (χ2n) is 6.33. The normalized spacial score (nSPS) is 11.2. The molecule has 7 nitrogen and oxygen atoms in total. The molecule has 2 aromatic carbocycles. The first-order valence-corrected chi connectivity index (χ1v) is 11.0. The number of sulfonamides is 1. The quantitative estimate of drug-likeness (QED) is 0.541. The number of halogens is 1. The topological polar surface area (TPSA) is 111 Å². The van der Waals surface area contributed by atoms with E-state index in [9.17, 15) is 13.2 Å². The van der Waals surface area contributed by atoms with Gasteiger partial charge in [-0.3, -0.25) is 10.1 Å². The average Bonchev–Trinajstić information content (AvgIpc) is 2.60. The molecular formula is C18H20BrN3O4S2. The van der Waals surface area contributed by atoms with Crippen molar-refractivity contribution in [1.82, 2.24) is 5.32 Å². The van der Waals surface area contributed by atoms with Crippen molar-refractivity contribution in [2.75, 3.05) is 11.9 Å². The standard InChI is InChI=1S/C18H20BrN3O4S2/c1-11(2)10-26-16-8-3-12(9-15(16)19)17(23)22-18(27)21-13-4-6-14(7-5-13)28(20,24)25/h3-9,11H,10H2,1-2H3,(H2,20,24,25)(H2,21,22,23,27). The molecule has 0 unspecified atom stereocenters. The molecule has 0 fully saturated rings. The van der Waals surface area contributed by atoms with E-state index in [1.54, 1.807) is 18.2 Å². The average molecular weight is 486 g/mol. The number of rotatable bonds is 6. The highest BCUT2D eigenvalue weighted by molar-refractivity contribution is 9.10. The number of carbonyl (C=O) groups is 1. The number of primary sulfonamides is 1. The van der Waals surface area contributed by atoms with Crippen LogP contribution in [0, 0.1) is 5.92 Å². The summed E-state index contributed by atoms with van der Waals surface area (Å²) < 4.78 is 28.8. The summed E-state index contributed by atoms with van der Waals surface area (Å²) in [6.07, 6.45) is 0. The Morgan fingerprint density at radius 2 is 1.86 bits per heavy atom. The summed E-state index contributed by atoms with van der Waals surface area (Å²) in [7, 11) is -3.76. The third kappa shape index (κ3) is 6.55. The van der Waals surface area contributed by atoms with Gasteiger partial charge in [0, 0.05) is 11.3 Å². The van der Waals surface area contributed by atoms with Crippen LogP contribution in [-0.2, 0) is 10.0 Å². The SMILES string of the molecule is CC(C)COc1ccc(C(=O)NC(=S)Nc2ccc(S(N)(=O)=O)cc2)cc1Br. The zero-order valence-electron chi connectivity index (χ0n) is 15.2. The summed E-state index contributed by atoms with van der Waals surface area (Å²) in [4.78, 5) is 12.3. The maximum atomic E-state index is 12.4. The Bertz CT molecular complexity index is 977. The maximum absolute atomic E-state index is 12.4. The molecule has 0 aliphatic carbocycles. The Labute approximate surface area is 177 Å². The number of anilines is 1. The summed E-state index contributed by atoms with van der Waals surface area (Å²) in [6, 6.07) is 10.7. The van der Waals surface area contributed by atoms with E-state index in [4.69, 9.17) is 22.1 Å². The summed E-state index contributed by atoms with van der Waals surface area (Å²) in [5.41, 5.74) is 0.911. The van der Waals surface area contributed by atoms with E-state index in [1.165, 1.54) is 24.3 Å². The smallest absolute Gasteiger partial charge is 0.257 e. The molecule has 0 atom stereocenters. The Morgan fingerprint density at radius 1 is 1.21 bits per heavy atom. The van der Waals surface area contributed by atoms with Crippen LogP contribution in [0.4, 0.5) is 5.69 Å². The predicted octanol–water partition coefficient (Wildman–Crippen LogP) is 3.26. The third-order valence-electron chi connectivity index (χ3n) is 3.43. The Balaban J connectivity index is 1.98. The molecule has 28 heavy (non-hydrogen) atoms. The Kier molecular flexibility index (Phi) is 7.53. The van der Waals surface area contributed by atoms with Crippen LogP contribution in [0.15, 0.2) is 51.8 Å². The van der Waals surface area contributed by atoms with Crippen molar-refractivity contribution in [1.29, 1.82) is 0 Å². The van der Waals surface area contributed by atoms with Gasteiger partial charge in [0.2, 0.25) is 10.0 Å². The highest BCUT2D eigenvalue weighted by atomic mass is 79.9. The Hall–Kier alpha value is -2.01. The van der Waals surface area contributed by atoms with E-state index in [-0.39, 0.29) is 10.0 Å². The summed E-state index contributed by atoms with van der Waals surface area (Å²) >= 11 is 8.52. The van der Waals surface area contributed by atoms with Gasteiger partial charge in [-0.25, -0.2) is 13.6 Å². The predicted molar refractivity (Wildman–Crippen MR) is 116 cm³/mol. The first-order chi connectivity index (χ1) is 13.1. The molecule has 2 rings (SSSR count). The fraction of sp³-hybridized carbons (Fsp3) is 0.222. The third-order valence-corrected chi connectivity index (χ3v) is 5.19. The summed E-state index contributed by atoms with van der Waals surface area (Å²) in [5, 5.41) is 10.5. The van der Waals surface area contributed by atoms with Crippen molar-refractivity contribution in [3.8, 4) is 5.75 Å². The second kappa shape index (κ2) is 9.46. The first-order valence-electron chi connectivity index (χ1n) is 8.24. The summed E-state index contributed by atoms with van der Waals surface area (Å²) in [6.45, 7) is 4.67. The molecule has 4 N–H and O–H groups in total. The van der Waals surface area contributed by atoms with E-state index in [0.29, 0.717) is 34.0 Å². The number of ether oxygens (including phenoxy) is 1. The maximum Gasteiger partial charge on any atom is 0.257 e. The van der Waals surface area contributed by atoms with Gasteiger partial charge in [0.25, 0.3) is 5.91 Å². The lowest BCUT2D eigenvalue weighted by molar-refractivity contribution is 0.0977. The van der Waals surface area contributed by atoms with E-state index in [1.807, 2.05) is 13.8 Å². The number of carbonyl (C=O) groups excluding carboxylic acids is 1. The van der Waals surface area contributed by atoms with Gasteiger partial charge in [-0.15, -0.1) is 0 Å². The lowest BCUT2D eigenvalue weighted by Crippen LogP contribution is -2.34. The first kappa shape index (κ1) is 22.3. The molecule has 0 radical (unpaired) electrons. The minimum Gasteiger partial charge on any atom is -0.492 e. The number of nitrogens with one attached hydrogen (secondary N) is 2. The monoisotopic (exact) mass is 485 g/mol. The Morgan fingerprint density at radius 3 is 2.39 bits per heavy atom. The molecule has 1 amide bonds. The molecule has 0 aromatic heterocycles. The van der Waals surface area contributed by atoms with Gasteiger partial charge in [0.15, 0.2) is 5.11 Å². The van der Waals surface area contributed by atoms with Crippen molar-refractivity contribution in [3.05, 3.63) is 52.5 Å². The number of nitrogens with two attached hydrogens (primary N) is 1. The number of amides is 1. The van der Waals surface area contributed by atoms with E-state index < -0.39 is 15.9 Å². The number of hydrogen-bond donors (Lipinski definition) is 3. The van der Waals surface area contributed by atoms with Crippen molar-refractivity contribution in [2.24, 2.45) is 11.1 Å². The van der Waals surface area contributed by atoms with Crippen LogP contribution < -0.4 is 20.5 Å². The van der Waals surface area contributed by atoms with E-state index >= 15 is 0 Å².